The Balaban J connectivity index is 2.39. The van der Waals surface area contributed by atoms with Crippen LogP contribution in [0.1, 0.15) is 11.1 Å². The van der Waals surface area contributed by atoms with E-state index in [1.807, 2.05) is 12.1 Å². The summed E-state index contributed by atoms with van der Waals surface area (Å²) in [6.07, 6.45) is 0.459. The van der Waals surface area contributed by atoms with E-state index in [9.17, 15) is 4.79 Å². The number of carbonyl (C=O) groups is 1. The summed E-state index contributed by atoms with van der Waals surface area (Å²) in [6.45, 7) is 2.67. The molecule has 0 unspecified atom stereocenters. The molecule has 0 radical (unpaired) electrons. The lowest BCUT2D eigenvalue weighted by atomic mass is 10.1. The van der Waals surface area contributed by atoms with Gasteiger partial charge in [-0.3, -0.25) is 0 Å². The second-order valence-corrected chi connectivity index (χ2v) is 3.09. The molecule has 0 bridgehead atoms. The summed E-state index contributed by atoms with van der Waals surface area (Å²) in [4.78, 5) is 10.8. The number of rotatable bonds is 3. The molecule has 0 spiro atoms. The van der Waals surface area contributed by atoms with E-state index in [1.165, 1.54) is 18.2 Å². The molecular weight excluding hydrogens is 178 g/mol. The molecule has 14 heavy (non-hydrogen) atoms. The maximum Gasteiger partial charge on any atom is 0.406 e. The first-order chi connectivity index (χ1) is 6.74. The number of amides is 1. The predicted molar refractivity (Wildman–Crippen MR) is 55.3 cm³/mol. The maximum absolute atomic E-state index is 10.8. The van der Waals surface area contributed by atoms with E-state index in [4.69, 9.17) is 0 Å². The number of hydrogen-bond donors (Lipinski definition) is 1. The van der Waals surface area contributed by atoms with Crippen LogP contribution in [-0.2, 0) is 11.2 Å². The average molecular weight is 193 g/mol. The zero-order valence-electron chi connectivity index (χ0n) is 8.54. The van der Waals surface area contributed by atoms with Crippen LogP contribution in [-0.4, -0.2) is 19.7 Å². The van der Waals surface area contributed by atoms with Gasteiger partial charge in [-0.2, -0.15) is 0 Å². The molecule has 1 amide bonds. The summed E-state index contributed by atoms with van der Waals surface area (Å²) in [5.41, 5.74) is 2.50. The number of aryl methyl sites for hydroxylation is 1. The number of carbonyl (C=O) groups excluding carboxylic acids is 1. The second kappa shape index (κ2) is 5.27. The van der Waals surface area contributed by atoms with Crippen molar-refractivity contribution in [3.63, 3.8) is 0 Å². The first kappa shape index (κ1) is 10.6. The first-order valence-electron chi connectivity index (χ1n) is 4.60. The van der Waals surface area contributed by atoms with Gasteiger partial charge in [-0.1, -0.05) is 24.3 Å². The summed E-state index contributed by atoms with van der Waals surface area (Å²) in [7, 11) is 1.36. The third kappa shape index (κ3) is 3.09. The summed E-state index contributed by atoms with van der Waals surface area (Å²) in [5.74, 6) is 0. The summed E-state index contributed by atoms with van der Waals surface area (Å²) < 4.78 is 4.47. The van der Waals surface area contributed by atoms with Crippen LogP contribution in [0.4, 0.5) is 4.79 Å². The van der Waals surface area contributed by atoms with Gasteiger partial charge in [-0.05, 0) is 24.5 Å². The Morgan fingerprint density at radius 1 is 1.43 bits per heavy atom. The zero-order chi connectivity index (χ0) is 10.4. The highest BCUT2D eigenvalue weighted by atomic mass is 16.5. The Labute approximate surface area is 84.1 Å². The van der Waals surface area contributed by atoms with Gasteiger partial charge in [0, 0.05) is 6.54 Å². The predicted octanol–water partition coefficient (Wildman–Crippen LogP) is 1.89. The topological polar surface area (TPSA) is 38.3 Å². The number of methoxy groups -OCH3 is 1. The summed E-state index contributed by atoms with van der Waals surface area (Å²) in [6, 6.07) is 8.13. The fourth-order valence-corrected chi connectivity index (χ4v) is 1.26. The van der Waals surface area contributed by atoms with Crippen LogP contribution in [0.2, 0.25) is 0 Å². The van der Waals surface area contributed by atoms with Crippen molar-refractivity contribution in [2.75, 3.05) is 13.7 Å². The van der Waals surface area contributed by atoms with Crippen LogP contribution < -0.4 is 5.32 Å². The van der Waals surface area contributed by atoms with Gasteiger partial charge in [-0.25, -0.2) is 4.79 Å². The van der Waals surface area contributed by atoms with Crippen molar-refractivity contribution in [3.8, 4) is 0 Å². The van der Waals surface area contributed by atoms with Crippen molar-refractivity contribution < 1.29 is 9.53 Å². The van der Waals surface area contributed by atoms with Gasteiger partial charge in [0.15, 0.2) is 0 Å². The lowest BCUT2D eigenvalue weighted by Gasteiger charge is -2.06. The minimum Gasteiger partial charge on any atom is -0.453 e. The minimum absolute atomic E-state index is 0.376. The Kier molecular flexibility index (Phi) is 3.98. The Hall–Kier alpha value is -1.51. The van der Waals surface area contributed by atoms with Gasteiger partial charge in [0.25, 0.3) is 0 Å². The maximum atomic E-state index is 10.8. The van der Waals surface area contributed by atoms with Gasteiger partial charge >= 0.3 is 6.09 Å². The fourth-order valence-electron chi connectivity index (χ4n) is 1.26. The molecule has 0 aliphatic carbocycles. The Morgan fingerprint density at radius 2 is 2.14 bits per heavy atom. The molecule has 0 aromatic heterocycles. The molecule has 1 aromatic carbocycles. The molecule has 0 atom stereocenters. The average Bonchev–Trinajstić information content (AvgIpc) is 2.20. The van der Waals surface area contributed by atoms with E-state index >= 15 is 0 Å². The monoisotopic (exact) mass is 193 g/mol. The van der Waals surface area contributed by atoms with Crippen molar-refractivity contribution in [3.05, 3.63) is 35.4 Å². The molecule has 0 aliphatic rings. The number of benzene rings is 1. The van der Waals surface area contributed by atoms with Crippen LogP contribution in [0, 0.1) is 6.92 Å². The van der Waals surface area contributed by atoms with E-state index in [0.717, 1.165) is 6.42 Å². The molecule has 0 fully saturated rings. The van der Waals surface area contributed by atoms with Crippen molar-refractivity contribution in [1.82, 2.24) is 5.32 Å². The van der Waals surface area contributed by atoms with E-state index in [2.05, 4.69) is 29.1 Å². The molecule has 3 heteroatoms. The molecule has 3 nitrogen and oxygen atoms in total. The standard InChI is InChI=1S/C11H15NO2/c1-9-5-3-4-6-10(9)7-8-12-11(13)14-2/h3-6H,7-8H2,1-2H3,(H,12,13). The van der Waals surface area contributed by atoms with Crippen molar-refractivity contribution in [1.29, 1.82) is 0 Å². The SMILES string of the molecule is COC(=O)NCCc1ccccc1C. The van der Waals surface area contributed by atoms with E-state index in [-0.39, 0.29) is 6.09 Å². The van der Waals surface area contributed by atoms with Crippen LogP contribution >= 0.6 is 0 Å². The number of hydrogen-bond acceptors (Lipinski definition) is 2. The van der Waals surface area contributed by atoms with Gasteiger partial charge < -0.3 is 10.1 Å². The molecule has 0 saturated heterocycles. The Morgan fingerprint density at radius 3 is 2.79 bits per heavy atom. The molecule has 76 valence electrons. The fraction of sp³-hybridized carbons (Fsp3) is 0.364. The molecule has 1 N–H and O–H groups in total. The van der Waals surface area contributed by atoms with Gasteiger partial charge in [0.1, 0.15) is 0 Å². The first-order valence-corrected chi connectivity index (χ1v) is 4.60. The highest BCUT2D eigenvalue weighted by Gasteiger charge is 1.99. The van der Waals surface area contributed by atoms with E-state index in [1.54, 1.807) is 0 Å². The van der Waals surface area contributed by atoms with Gasteiger partial charge in [0.05, 0.1) is 7.11 Å². The largest absolute Gasteiger partial charge is 0.453 e. The van der Waals surface area contributed by atoms with Crippen LogP contribution in [0.5, 0.6) is 0 Å². The third-order valence-corrected chi connectivity index (χ3v) is 2.11. The van der Waals surface area contributed by atoms with E-state index in [0.29, 0.717) is 6.54 Å². The summed E-state index contributed by atoms with van der Waals surface area (Å²) >= 11 is 0. The number of alkyl carbamates (subject to hydrolysis) is 1. The lowest BCUT2D eigenvalue weighted by Crippen LogP contribution is -2.25. The highest BCUT2D eigenvalue weighted by Crippen LogP contribution is 2.06. The molecule has 0 heterocycles. The molecule has 0 aliphatic heterocycles. The van der Waals surface area contributed by atoms with Crippen molar-refractivity contribution in [2.24, 2.45) is 0 Å². The number of nitrogens with one attached hydrogen (secondary N) is 1. The van der Waals surface area contributed by atoms with Crippen molar-refractivity contribution >= 4 is 6.09 Å². The Bertz CT molecular complexity index is 310. The van der Waals surface area contributed by atoms with Gasteiger partial charge in [-0.15, -0.1) is 0 Å². The van der Waals surface area contributed by atoms with E-state index < -0.39 is 0 Å². The van der Waals surface area contributed by atoms with Crippen LogP contribution in [0.15, 0.2) is 24.3 Å². The number of ether oxygens (including phenoxy) is 1. The molecule has 0 saturated carbocycles. The third-order valence-electron chi connectivity index (χ3n) is 2.11. The quantitative estimate of drug-likeness (QED) is 0.796. The highest BCUT2D eigenvalue weighted by molar-refractivity contribution is 5.66. The minimum atomic E-state index is -0.376. The normalized spacial score (nSPS) is 9.57. The van der Waals surface area contributed by atoms with Crippen LogP contribution in [0.3, 0.4) is 0 Å². The van der Waals surface area contributed by atoms with Crippen molar-refractivity contribution in [2.45, 2.75) is 13.3 Å². The lowest BCUT2D eigenvalue weighted by molar-refractivity contribution is 0.171. The molecule has 1 rings (SSSR count). The van der Waals surface area contributed by atoms with Gasteiger partial charge in [0.2, 0.25) is 0 Å². The second-order valence-electron chi connectivity index (χ2n) is 3.09. The zero-order valence-corrected chi connectivity index (χ0v) is 8.54. The molecule has 1 aromatic rings. The smallest absolute Gasteiger partial charge is 0.406 e. The molecular formula is C11H15NO2. The van der Waals surface area contributed by atoms with Crippen LogP contribution in [0.25, 0.3) is 0 Å². The summed E-state index contributed by atoms with van der Waals surface area (Å²) in [5, 5.41) is 2.65.